The van der Waals surface area contributed by atoms with Gasteiger partial charge in [0.1, 0.15) is 6.10 Å². The van der Waals surface area contributed by atoms with Gasteiger partial charge in [-0.25, -0.2) is 4.39 Å². The monoisotopic (exact) mass is 248 g/mol. The molecule has 0 amide bonds. The van der Waals surface area contributed by atoms with Crippen LogP contribution >= 0.6 is 0 Å². The van der Waals surface area contributed by atoms with Crippen LogP contribution in [-0.2, 0) is 0 Å². The molecule has 0 saturated heterocycles. The van der Waals surface area contributed by atoms with Crippen LogP contribution in [0, 0.1) is 23.1 Å². The first-order chi connectivity index (χ1) is 8.74. The Labute approximate surface area is 106 Å². The summed E-state index contributed by atoms with van der Waals surface area (Å²) < 4.78 is 19.4. The minimum absolute atomic E-state index is 0.00816. The van der Waals surface area contributed by atoms with Crippen LogP contribution in [0.4, 0.5) is 4.39 Å². The van der Waals surface area contributed by atoms with Crippen molar-refractivity contribution in [1.82, 2.24) is 0 Å². The molecule has 18 heavy (non-hydrogen) atoms. The highest BCUT2D eigenvalue weighted by Gasteiger charge is 2.26. The van der Waals surface area contributed by atoms with Crippen LogP contribution in [0.25, 0.3) is 0 Å². The van der Waals surface area contributed by atoms with E-state index in [9.17, 15) is 4.39 Å². The van der Waals surface area contributed by atoms with Crippen LogP contribution in [0.15, 0.2) is 18.2 Å². The van der Waals surface area contributed by atoms with Gasteiger partial charge >= 0.3 is 0 Å². The van der Waals surface area contributed by atoms with Crippen molar-refractivity contribution in [2.75, 3.05) is 6.54 Å². The molecule has 1 aromatic rings. The second-order valence-corrected chi connectivity index (χ2v) is 4.69. The smallest absolute Gasteiger partial charge is 0.166 e. The Balaban J connectivity index is 2.10. The molecule has 2 atom stereocenters. The summed E-state index contributed by atoms with van der Waals surface area (Å²) in [6.45, 7) is 0.572. The summed E-state index contributed by atoms with van der Waals surface area (Å²) >= 11 is 0. The van der Waals surface area contributed by atoms with Crippen LogP contribution in [-0.4, -0.2) is 12.6 Å². The van der Waals surface area contributed by atoms with E-state index in [0.717, 1.165) is 25.7 Å². The molecule has 2 unspecified atom stereocenters. The number of nitrogens with zero attached hydrogens (tertiary/aromatic N) is 1. The molecule has 0 aromatic heterocycles. The number of hydrogen-bond acceptors (Lipinski definition) is 3. The van der Waals surface area contributed by atoms with E-state index in [-0.39, 0.29) is 11.9 Å². The molecular formula is C14H17FN2O. The fourth-order valence-corrected chi connectivity index (χ4v) is 2.43. The van der Waals surface area contributed by atoms with Crippen molar-refractivity contribution < 1.29 is 9.13 Å². The lowest BCUT2D eigenvalue weighted by atomic mass is 9.86. The predicted molar refractivity (Wildman–Crippen MR) is 66.5 cm³/mol. The summed E-state index contributed by atoms with van der Waals surface area (Å²) in [7, 11) is 0. The van der Waals surface area contributed by atoms with Gasteiger partial charge in [0.15, 0.2) is 11.6 Å². The topological polar surface area (TPSA) is 59.0 Å². The quantitative estimate of drug-likeness (QED) is 0.894. The first-order valence-electron chi connectivity index (χ1n) is 6.31. The molecule has 0 radical (unpaired) electrons. The lowest BCUT2D eigenvalue weighted by Crippen LogP contribution is -2.35. The third-order valence-electron chi connectivity index (χ3n) is 3.48. The Morgan fingerprint density at radius 3 is 2.83 bits per heavy atom. The Morgan fingerprint density at radius 1 is 1.39 bits per heavy atom. The second-order valence-electron chi connectivity index (χ2n) is 4.69. The van der Waals surface area contributed by atoms with Crippen molar-refractivity contribution in [3.8, 4) is 11.8 Å². The Kier molecular flexibility index (Phi) is 4.16. The third kappa shape index (κ3) is 2.80. The lowest BCUT2D eigenvalue weighted by molar-refractivity contribution is 0.0927. The van der Waals surface area contributed by atoms with Gasteiger partial charge in [-0.2, -0.15) is 5.26 Å². The summed E-state index contributed by atoms with van der Waals surface area (Å²) in [4.78, 5) is 0. The van der Waals surface area contributed by atoms with Gasteiger partial charge in [-0.15, -0.1) is 0 Å². The summed E-state index contributed by atoms with van der Waals surface area (Å²) in [6, 6.07) is 6.20. The zero-order valence-corrected chi connectivity index (χ0v) is 10.2. The standard InChI is InChI=1S/C14H17FN2O/c15-12-7-10(8-16)5-6-14(12)18-13-4-2-1-3-11(13)9-17/h5-7,11,13H,1-4,9,17H2. The number of halogens is 1. The van der Waals surface area contributed by atoms with Gasteiger partial charge in [-0.1, -0.05) is 6.42 Å². The van der Waals surface area contributed by atoms with E-state index in [0.29, 0.717) is 18.0 Å². The zero-order chi connectivity index (χ0) is 13.0. The van der Waals surface area contributed by atoms with Gasteiger partial charge in [0.25, 0.3) is 0 Å². The summed E-state index contributed by atoms with van der Waals surface area (Å²) in [5.74, 6) is 0.0449. The normalized spacial score (nSPS) is 23.4. The molecule has 1 saturated carbocycles. The Hall–Kier alpha value is -1.60. The summed E-state index contributed by atoms with van der Waals surface area (Å²) in [5.41, 5.74) is 6.02. The largest absolute Gasteiger partial charge is 0.487 e. The number of ether oxygens (including phenoxy) is 1. The van der Waals surface area contributed by atoms with Gasteiger partial charge in [0.05, 0.1) is 11.6 Å². The van der Waals surface area contributed by atoms with E-state index in [1.807, 2.05) is 6.07 Å². The highest BCUT2D eigenvalue weighted by molar-refractivity contribution is 5.36. The van der Waals surface area contributed by atoms with Crippen molar-refractivity contribution in [2.45, 2.75) is 31.8 Å². The van der Waals surface area contributed by atoms with Crippen LogP contribution in [0.2, 0.25) is 0 Å². The fourth-order valence-electron chi connectivity index (χ4n) is 2.43. The first kappa shape index (κ1) is 12.8. The van der Waals surface area contributed by atoms with E-state index >= 15 is 0 Å². The van der Waals surface area contributed by atoms with Crippen LogP contribution in [0.1, 0.15) is 31.2 Å². The predicted octanol–water partition coefficient (Wildman–Crippen LogP) is 2.59. The molecule has 1 fully saturated rings. The molecule has 1 aliphatic carbocycles. The van der Waals surface area contributed by atoms with E-state index in [1.165, 1.54) is 12.1 Å². The van der Waals surface area contributed by atoms with Crippen LogP contribution < -0.4 is 10.5 Å². The molecule has 4 heteroatoms. The summed E-state index contributed by atoms with van der Waals surface area (Å²) in [5, 5.41) is 8.68. The number of benzene rings is 1. The van der Waals surface area contributed by atoms with Gasteiger partial charge in [-0.05, 0) is 44.0 Å². The van der Waals surface area contributed by atoms with E-state index in [2.05, 4.69) is 0 Å². The van der Waals surface area contributed by atoms with Gasteiger partial charge < -0.3 is 10.5 Å². The minimum Gasteiger partial charge on any atom is -0.487 e. The maximum absolute atomic E-state index is 13.7. The number of nitrogens with two attached hydrogens (primary N) is 1. The molecule has 0 spiro atoms. The fraction of sp³-hybridized carbons (Fsp3) is 0.500. The second kappa shape index (κ2) is 5.83. The van der Waals surface area contributed by atoms with Crippen molar-refractivity contribution in [3.05, 3.63) is 29.6 Å². The van der Waals surface area contributed by atoms with Gasteiger partial charge in [-0.3, -0.25) is 0 Å². The average Bonchev–Trinajstić information content (AvgIpc) is 2.41. The first-order valence-corrected chi connectivity index (χ1v) is 6.31. The van der Waals surface area contributed by atoms with Crippen molar-refractivity contribution in [2.24, 2.45) is 11.7 Å². The SMILES string of the molecule is N#Cc1ccc(OC2CCCCC2CN)c(F)c1. The van der Waals surface area contributed by atoms with Crippen molar-refractivity contribution in [3.63, 3.8) is 0 Å². The van der Waals surface area contributed by atoms with Crippen molar-refractivity contribution in [1.29, 1.82) is 5.26 Å². The molecule has 0 bridgehead atoms. The van der Waals surface area contributed by atoms with Crippen LogP contribution in [0.5, 0.6) is 5.75 Å². The summed E-state index contributed by atoms with van der Waals surface area (Å²) in [6.07, 6.45) is 4.21. The van der Waals surface area contributed by atoms with E-state index in [4.69, 9.17) is 15.7 Å². The molecule has 2 rings (SSSR count). The Morgan fingerprint density at radius 2 is 2.17 bits per heavy atom. The minimum atomic E-state index is -0.476. The third-order valence-corrected chi connectivity index (χ3v) is 3.48. The highest BCUT2D eigenvalue weighted by atomic mass is 19.1. The number of rotatable bonds is 3. The molecule has 2 N–H and O–H groups in total. The van der Waals surface area contributed by atoms with Crippen LogP contribution in [0.3, 0.4) is 0 Å². The maximum Gasteiger partial charge on any atom is 0.166 e. The lowest BCUT2D eigenvalue weighted by Gasteiger charge is -2.31. The van der Waals surface area contributed by atoms with E-state index < -0.39 is 5.82 Å². The molecule has 1 aromatic carbocycles. The number of nitriles is 1. The molecule has 1 aliphatic rings. The number of hydrogen-bond donors (Lipinski definition) is 1. The molecule has 3 nitrogen and oxygen atoms in total. The molecule has 0 aliphatic heterocycles. The van der Waals surface area contributed by atoms with Gasteiger partial charge in [0, 0.05) is 5.92 Å². The van der Waals surface area contributed by atoms with Crippen molar-refractivity contribution >= 4 is 0 Å². The van der Waals surface area contributed by atoms with Gasteiger partial charge in [0.2, 0.25) is 0 Å². The van der Waals surface area contributed by atoms with E-state index in [1.54, 1.807) is 6.07 Å². The molecule has 0 heterocycles. The zero-order valence-electron chi connectivity index (χ0n) is 10.2. The maximum atomic E-state index is 13.7. The average molecular weight is 248 g/mol. The molecular weight excluding hydrogens is 231 g/mol. The molecule has 96 valence electrons. The Bertz CT molecular complexity index is 456. The highest BCUT2D eigenvalue weighted by Crippen LogP contribution is 2.29.